The molecule has 0 unspecified atom stereocenters. The molecule has 1 aromatic carbocycles. The van der Waals surface area contributed by atoms with E-state index in [0.717, 1.165) is 13.0 Å². The van der Waals surface area contributed by atoms with E-state index in [9.17, 15) is 0 Å². The minimum Gasteiger partial charge on any atom is -0.412 e. The van der Waals surface area contributed by atoms with E-state index in [0.29, 0.717) is 0 Å². The fourth-order valence-corrected chi connectivity index (χ4v) is 7.13. The highest BCUT2D eigenvalue weighted by Crippen LogP contribution is 2.23. The summed E-state index contributed by atoms with van der Waals surface area (Å²) in [6.07, 6.45) is 6.26. The lowest BCUT2D eigenvalue weighted by Crippen LogP contribution is -2.50. The van der Waals surface area contributed by atoms with E-state index >= 15 is 0 Å². The van der Waals surface area contributed by atoms with Crippen molar-refractivity contribution in [2.45, 2.75) is 65.0 Å². The summed E-state index contributed by atoms with van der Waals surface area (Å²) in [7, 11) is -1.73. The second-order valence-electron chi connectivity index (χ2n) is 5.42. The van der Waals surface area contributed by atoms with Gasteiger partial charge in [0.25, 0.3) is 0 Å². The van der Waals surface area contributed by atoms with Crippen LogP contribution in [-0.4, -0.2) is 14.9 Å². The normalized spacial score (nSPS) is 11.7. The summed E-state index contributed by atoms with van der Waals surface area (Å²) in [4.78, 5) is 0. The summed E-state index contributed by atoms with van der Waals surface area (Å²) in [5.74, 6) is 0. The van der Waals surface area contributed by atoms with Crippen molar-refractivity contribution in [3.8, 4) is 0 Å². The SMILES string of the molecule is CCCC[Si](CCCC)(OCCC)c1ccccc1. The Labute approximate surface area is 120 Å². The van der Waals surface area contributed by atoms with Crippen LogP contribution in [0.1, 0.15) is 52.9 Å². The quantitative estimate of drug-likeness (QED) is 0.555. The topological polar surface area (TPSA) is 9.23 Å². The van der Waals surface area contributed by atoms with Crippen LogP contribution in [0.3, 0.4) is 0 Å². The molecule has 0 spiro atoms. The first-order chi connectivity index (χ1) is 9.29. The van der Waals surface area contributed by atoms with Gasteiger partial charge in [0.15, 0.2) is 0 Å². The van der Waals surface area contributed by atoms with Gasteiger partial charge in [-0.3, -0.25) is 0 Å². The van der Waals surface area contributed by atoms with Crippen molar-refractivity contribution in [1.29, 1.82) is 0 Å². The molecule has 0 aliphatic rings. The summed E-state index contributed by atoms with van der Waals surface area (Å²) >= 11 is 0. The van der Waals surface area contributed by atoms with Gasteiger partial charge in [0.05, 0.1) is 0 Å². The highest BCUT2D eigenvalue weighted by atomic mass is 28.4. The third-order valence-electron chi connectivity index (χ3n) is 3.75. The first-order valence-electron chi connectivity index (χ1n) is 7.98. The van der Waals surface area contributed by atoms with Gasteiger partial charge in [0.2, 0.25) is 8.32 Å². The predicted molar refractivity (Wildman–Crippen MR) is 87.5 cm³/mol. The van der Waals surface area contributed by atoms with Crippen LogP contribution in [0.2, 0.25) is 12.1 Å². The molecule has 0 saturated heterocycles. The molecule has 0 aromatic heterocycles. The minimum atomic E-state index is -1.73. The molecule has 19 heavy (non-hydrogen) atoms. The highest BCUT2D eigenvalue weighted by molar-refractivity contribution is 6.86. The predicted octanol–water partition coefficient (Wildman–Crippen LogP) is 4.87. The van der Waals surface area contributed by atoms with Gasteiger partial charge in [-0.2, -0.15) is 0 Å². The van der Waals surface area contributed by atoms with Crippen LogP contribution < -0.4 is 5.19 Å². The molecule has 2 heteroatoms. The molecule has 1 aromatic rings. The monoisotopic (exact) mass is 278 g/mol. The van der Waals surface area contributed by atoms with Crippen molar-refractivity contribution in [1.82, 2.24) is 0 Å². The molecule has 0 N–H and O–H groups in total. The molecule has 0 aliphatic heterocycles. The van der Waals surface area contributed by atoms with Crippen LogP contribution in [-0.2, 0) is 4.43 Å². The van der Waals surface area contributed by atoms with Crippen molar-refractivity contribution in [2.24, 2.45) is 0 Å². The Balaban J connectivity index is 2.94. The summed E-state index contributed by atoms with van der Waals surface area (Å²) in [6, 6.07) is 13.6. The smallest absolute Gasteiger partial charge is 0.224 e. The van der Waals surface area contributed by atoms with E-state index in [1.807, 2.05) is 0 Å². The highest BCUT2D eigenvalue weighted by Gasteiger charge is 2.35. The first kappa shape index (κ1) is 16.5. The van der Waals surface area contributed by atoms with Crippen LogP contribution in [0.4, 0.5) is 0 Å². The number of benzene rings is 1. The Bertz CT molecular complexity index is 302. The summed E-state index contributed by atoms with van der Waals surface area (Å²) < 4.78 is 6.51. The molecular weight excluding hydrogens is 248 g/mol. The summed E-state index contributed by atoms with van der Waals surface area (Å²) in [6.45, 7) is 7.70. The zero-order valence-electron chi connectivity index (χ0n) is 13.0. The summed E-state index contributed by atoms with van der Waals surface area (Å²) in [5.41, 5.74) is 0. The average molecular weight is 279 g/mol. The van der Waals surface area contributed by atoms with Gasteiger partial charge in [-0.15, -0.1) is 0 Å². The van der Waals surface area contributed by atoms with Gasteiger partial charge in [-0.05, 0) is 23.7 Å². The molecule has 0 amide bonds. The zero-order chi connectivity index (χ0) is 14.0. The molecule has 0 aliphatic carbocycles. The van der Waals surface area contributed by atoms with Crippen molar-refractivity contribution < 1.29 is 4.43 Å². The maximum absolute atomic E-state index is 6.51. The lowest BCUT2D eigenvalue weighted by Gasteiger charge is -2.32. The Kier molecular flexibility index (Phi) is 8.07. The molecule has 0 atom stereocenters. The molecule has 1 rings (SSSR count). The maximum atomic E-state index is 6.51. The third kappa shape index (κ3) is 5.11. The fraction of sp³-hybridized carbons (Fsp3) is 0.647. The van der Waals surface area contributed by atoms with Gasteiger partial charge in [-0.25, -0.2) is 0 Å². The molecule has 108 valence electrons. The van der Waals surface area contributed by atoms with Gasteiger partial charge in [0, 0.05) is 6.61 Å². The Morgan fingerprint density at radius 3 is 1.89 bits per heavy atom. The Hall–Kier alpha value is -0.603. The minimum absolute atomic E-state index is 0.925. The van der Waals surface area contributed by atoms with Gasteiger partial charge in [-0.1, -0.05) is 76.8 Å². The number of hydrogen-bond donors (Lipinski definition) is 0. The lowest BCUT2D eigenvalue weighted by atomic mass is 10.4. The van der Waals surface area contributed by atoms with Crippen LogP contribution in [0.25, 0.3) is 0 Å². The second kappa shape index (κ2) is 9.32. The van der Waals surface area contributed by atoms with E-state index in [2.05, 4.69) is 51.1 Å². The van der Waals surface area contributed by atoms with E-state index < -0.39 is 8.32 Å². The van der Waals surface area contributed by atoms with Gasteiger partial charge in [0.1, 0.15) is 0 Å². The van der Waals surface area contributed by atoms with Crippen molar-refractivity contribution >= 4 is 13.5 Å². The third-order valence-corrected chi connectivity index (χ3v) is 8.22. The van der Waals surface area contributed by atoms with Crippen LogP contribution in [0.15, 0.2) is 30.3 Å². The molecule has 0 fully saturated rings. The number of rotatable bonds is 10. The van der Waals surface area contributed by atoms with E-state index in [4.69, 9.17) is 4.43 Å². The fourth-order valence-electron chi connectivity index (χ4n) is 2.61. The van der Waals surface area contributed by atoms with Crippen molar-refractivity contribution in [2.75, 3.05) is 6.61 Å². The lowest BCUT2D eigenvalue weighted by molar-refractivity contribution is 0.304. The standard InChI is InChI=1S/C17H30OSi/c1-4-7-15-19(16-8-5-2,18-14-6-3)17-12-10-9-11-13-17/h9-13H,4-8,14-16H2,1-3H3. The number of unbranched alkanes of at least 4 members (excludes halogenated alkanes) is 2. The number of hydrogen-bond acceptors (Lipinski definition) is 1. The molecule has 0 radical (unpaired) electrons. The molecule has 0 heterocycles. The first-order valence-corrected chi connectivity index (χ1v) is 10.3. The molecule has 0 saturated carbocycles. The Morgan fingerprint density at radius 2 is 1.42 bits per heavy atom. The van der Waals surface area contributed by atoms with Crippen LogP contribution in [0.5, 0.6) is 0 Å². The van der Waals surface area contributed by atoms with Gasteiger partial charge >= 0.3 is 0 Å². The van der Waals surface area contributed by atoms with Crippen LogP contribution in [0, 0.1) is 0 Å². The maximum Gasteiger partial charge on any atom is 0.224 e. The molecular formula is C17H30OSi. The summed E-state index contributed by atoms with van der Waals surface area (Å²) in [5, 5.41) is 1.50. The largest absolute Gasteiger partial charge is 0.412 e. The van der Waals surface area contributed by atoms with E-state index in [-0.39, 0.29) is 0 Å². The van der Waals surface area contributed by atoms with Crippen LogP contribution >= 0.6 is 0 Å². The van der Waals surface area contributed by atoms with Crippen molar-refractivity contribution in [3.63, 3.8) is 0 Å². The Morgan fingerprint density at radius 1 is 0.842 bits per heavy atom. The van der Waals surface area contributed by atoms with E-state index in [1.165, 1.54) is 43.0 Å². The molecule has 0 bridgehead atoms. The second-order valence-corrected chi connectivity index (χ2v) is 9.27. The van der Waals surface area contributed by atoms with E-state index in [1.54, 1.807) is 0 Å². The van der Waals surface area contributed by atoms with Gasteiger partial charge < -0.3 is 4.43 Å². The van der Waals surface area contributed by atoms with Crippen molar-refractivity contribution in [3.05, 3.63) is 30.3 Å². The molecule has 1 nitrogen and oxygen atoms in total. The zero-order valence-corrected chi connectivity index (χ0v) is 14.0. The average Bonchev–Trinajstić information content (AvgIpc) is 2.48.